The second kappa shape index (κ2) is 11.3. The Labute approximate surface area is 159 Å². The summed E-state index contributed by atoms with van der Waals surface area (Å²) < 4.78 is 5.44. The van der Waals surface area contributed by atoms with E-state index in [-0.39, 0.29) is 24.8 Å². The molecule has 0 aromatic heterocycles. The van der Waals surface area contributed by atoms with Gasteiger partial charge in [-0.3, -0.25) is 9.59 Å². The number of halogens is 2. The van der Waals surface area contributed by atoms with E-state index in [1.165, 1.54) is 4.90 Å². The fraction of sp³-hybridized carbons (Fsp3) is 0.556. The molecule has 0 aliphatic heterocycles. The Morgan fingerprint density at radius 2 is 2.00 bits per heavy atom. The summed E-state index contributed by atoms with van der Waals surface area (Å²) in [7, 11) is 0. The van der Waals surface area contributed by atoms with Crippen LogP contribution in [0.5, 0.6) is 0 Å². The standard InChI is InChI=1S/C18H26Cl2N2O3/c1-4-8-22(18(24)7-9-25-12-13(2)3)11-17(23)21-16-6-5-14(19)10-15(16)20/h5-6,10,13H,4,7-9,11-12H2,1-3H3,(H,21,23). The minimum Gasteiger partial charge on any atom is -0.381 e. The highest BCUT2D eigenvalue weighted by Crippen LogP contribution is 2.25. The smallest absolute Gasteiger partial charge is 0.244 e. The monoisotopic (exact) mass is 388 g/mol. The summed E-state index contributed by atoms with van der Waals surface area (Å²) in [4.78, 5) is 26.1. The number of anilines is 1. The first kappa shape index (κ1) is 21.7. The summed E-state index contributed by atoms with van der Waals surface area (Å²) in [5, 5.41) is 3.56. The third-order valence-electron chi connectivity index (χ3n) is 3.30. The van der Waals surface area contributed by atoms with Crippen molar-refractivity contribution in [3.63, 3.8) is 0 Å². The van der Waals surface area contributed by atoms with Crippen molar-refractivity contribution >= 4 is 40.7 Å². The van der Waals surface area contributed by atoms with E-state index in [4.69, 9.17) is 27.9 Å². The molecule has 2 amide bonds. The summed E-state index contributed by atoms with van der Waals surface area (Å²) >= 11 is 11.9. The minimum atomic E-state index is -0.297. The van der Waals surface area contributed by atoms with Gasteiger partial charge in [0.15, 0.2) is 0 Å². The second-order valence-corrected chi connectivity index (χ2v) is 7.05. The first-order chi connectivity index (χ1) is 11.8. The molecule has 0 spiro atoms. The Balaban J connectivity index is 2.54. The van der Waals surface area contributed by atoms with Crippen LogP contribution in [-0.4, -0.2) is 43.0 Å². The van der Waals surface area contributed by atoms with Crippen molar-refractivity contribution in [3.8, 4) is 0 Å². The Morgan fingerprint density at radius 3 is 2.60 bits per heavy atom. The van der Waals surface area contributed by atoms with Gasteiger partial charge < -0.3 is 15.0 Å². The predicted octanol–water partition coefficient (Wildman–Crippen LogP) is 4.23. The summed E-state index contributed by atoms with van der Waals surface area (Å²) in [6.07, 6.45) is 1.04. The zero-order valence-electron chi connectivity index (χ0n) is 15.0. The molecule has 0 atom stereocenters. The first-order valence-electron chi connectivity index (χ1n) is 8.43. The maximum absolute atomic E-state index is 12.3. The van der Waals surface area contributed by atoms with Gasteiger partial charge in [0.1, 0.15) is 0 Å². The number of nitrogens with zero attached hydrogens (tertiary/aromatic N) is 1. The summed E-state index contributed by atoms with van der Waals surface area (Å²) in [6.45, 7) is 7.55. The number of rotatable bonds is 10. The Hall–Kier alpha value is -1.30. The van der Waals surface area contributed by atoms with Crippen LogP contribution in [0.3, 0.4) is 0 Å². The SMILES string of the molecule is CCCN(CC(=O)Nc1ccc(Cl)cc1Cl)C(=O)CCOCC(C)C. The Morgan fingerprint density at radius 1 is 1.28 bits per heavy atom. The number of ether oxygens (including phenoxy) is 1. The lowest BCUT2D eigenvalue weighted by atomic mass is 10.2. The van der Waals surface area contributed by atoms with Crippen molar-refractivity contribution in [2.24, 2.45) is 5.92 Å². The number of nitrogens with one attached hydrogen (secondary N) is 1. The number of carbonyl (C=O) groups is 2. The predicted molar refractivity (Wildman–Crippen MR) is 102 cm³/mol. The van der Waals surface area contributed by atoms with Crippen LogP contribution in [0.15, 0.2) is 18.2 Å². The zero-order valence-corrected chi connectivity index (χ0v) is 16.5. The van der Waals surface area contributed by atoms with Crippen molar-refractivity contribution in [3.05, 3.63) is 28.2 Å². The number of hydrogen-bond acceptors (Lipinski definition) is 3. The zero-order chi connectivity index (χ0) is 18.8. The molecule has 0 saturated heterocycles. The Bertz CT molecular complexity index is 579. The van der Waals surface area contributed by atoms with Crippen LogP contribution in [0, 0.1) is 5.92 Å². The maximum Gasteiger partial charge on any atom is 0.244 e. The van der Waals surface area contributed by atoms with Crippen LogP contribution in [0.1, 0.15) is 33.6 Å². The molecule has 0 unspecified atom stereocenters. The summed E-state index contributed by atoms with van der Waals surface area (Å²) in [5.41, 5.74) is 0.472. The molecule has 0 bridgehead atoms. The van der Waals surface area contributed by atoms with Crippen LogP contribution in [0.25, 0.3) is 0 Å². The third kappa shape index (κ3) is 8.56. The van der Waals surface area contributed by atoms with E-state index in [0.717, 1.165) is 6.42 Å². The highest BCUT2D eigenvalue weighted by atomic mass is 35.5. The van der Waals surface area contributed by atoms with E-state index in [1.807, 2.05) is 6.92 Å². The molecule has 1 aromatic rings. The van der Waals surface area contributed by atoms with E-state index in [2.05, 4.69) is 19.2 Å². The van der Waals surface area contributed by atoms with Gasteiger partial charge >= 0.3 is 0 Å². The topological polar surface area (TPSA) is 58.6 Å². The van der Waals surface area contributed by atoms with E-state index >= 15 is 0 Å². The Kier molecular flexibility index (Phi) is 9.86. The van der Waals surface area contributed by atoms with E-state index in [0.29, 0.717) is 41.4 Å². The average Bonchev–Trinajstić information content (AvgIpc) is 2.53. The first-order valence-corrected chi connectivity index (χ1v) is 9.19. The molecule has 140 valence electrons. The quantitative estimate of drug-likeness (QED) is 0.609. The van der Waals surface area contributed by atoms with Gasteiger partial charge in [0, 0.05) is 18.2 Å². The highest BCUT2D eigenvalue weighted by molar-refractivity contribution is 6.36. The molecule has 0 fully saturated rings. The second-order valence-electron chi connectivity index (χ2n) is 6.21. The van der Waals surface area contributed by atoms with Gasteiger partial charge in [-0.25, -0.2) is 0 Å². The van der Waals surface area contributed by atoms with Crippen LogP contribution in [0.2, 0.25) is 10.0 Å². The largest absolute Gasteiger partial charge is 0.381 e. The van der Waals surface area contributed by atoms with Gasteiger partial charge in [-0.1, -0.05) is 44.0 Å². The number of benzene rings is 1. The fourth-order valence-electron chi connectivity index (χ4n) is 2.15. The van der Waals surface area contributed by atoms with Gasteiger partial charge in [0.2, 0.25) is 11.8 Å². The summed E-state index contributed by atoms with van der Waals surface area (Å²) in [5.74, 6) is 0.0360. The van der Waals surface area contributed by atoms with Gasteiger partial charge in [-0.2, -0.15) is 0 Å². The molecule has 0 aliphatic rings. The molecule has 1 rings (SSSR count). The van der Waals surface area contributed by atoms with E-state index in [1.54, 1.807) is 18.2 Å². The molecule has 25 heavy (non-hydrogen) atoms. The van der Waals surface area contributed by atoms with Crippen LogP contribution >= 0.6 is 23.2 Å². The van der Waals surface area contributed by atoms with Gasteiger partial charge in [-0.15, -0.1) is 0 Å². The molecule has 1 N–H and O–H groups in total. The molecule has 7 heteroatoms. The van der Waals surface area contributed by atoms with Crippen molar-refractivity contribution in [2.45, 2.75) is 33.6 Å². The molecular formula is C18H26Cl2N2O3. The number of carbonyl (C=O) groups excluding carboxylic acids is 2. The van der Waals surface area contributed by atoms with Crippen molar-refractivity contribution in [1.29, 1.82) is 0 Å². The number of hydrogen-bond donors (Lipinski definition) is 1. The molecular weight excluding hydrogens is 363 g/mol. The van der Waals surface area contributed by atoms with Gasteiger partial charge in [0.25, 0.3) is 0 Å². The molecule has 0 radical (unpaired) electrons. The van der Waals surface area contributed by atoms with Gasteiger partial charge in [0.05, 0.1) is 30.3 Å². The lowest BCUT2D eigenvalue weighted by molar-refractivity contribution is -0.135. The number of amides is 2. The van der Waals surface area contributed by atoms with Crippen molar-refractivity contribution in [1.82, 2.24) is 4.90 Å². The molecule has 0 saturated carbocycles. The molecule has 0 aliphatic carbocycles. The maximum atomic E-state index is 12.3. The molecule has 0 heterocycles. The van der Waals surface area contributed by atoms with E-state index < -0.39 is 0 Å². The van der Waals surface area contributed by atoms with Crippen LogP contribution in [-0.2, 0) is 14.3 Å². The third-order valence-corrected chi connectivity index (χ3v) is 3.85. The fourth-order valence-corrected chi connectivity index (χ4v) is 2.61. The average molecular weight is 389 g/mol. The lowest BCUT2D eigenvalue weighted by Crippen LogP contribution is -2.39. The minimum absolute atomic E-state index is 0.0180. The molecule has 1 aromatic carbocycles. The molecule has 5 nitrogen and oxygen atoms in total. The lowest BCUT2D eigenvalue weighted by Gasteiger charge is -2.22. The van der Waals surface area contributed by atoms with Crippen LogP contribution < -0.4 is 5.32 Å². The summed E-state index contributed by atoms with van der Waals surface area (Å²) in [6, 6.07) is 4.83. The normalized spacial score (nSPS) is 10.8. The van der Waals surface area contributed by atoms with Gasteiger partial charge in [-0.05, 0) is 30.5 Å². The van der Waals surface area contributed by atoms with Crippen molar-refractivity contribution < 1.29 is 14.3 Å². The van der Waals surface area contributed by atoms with Crippen LogP contribution in [0.4, 0.5) is 5.69 Å². The van der Waals surface area contributed by atoms with Crippen molar-refractivity contribution in [2.75, 3.05) is 31.6 Å². The highest BCUT2D eigenvalue weighted by Gasteiger charge is 2.17. The van der Waals surface area contributed by atoms with E-state index in [9.17, 15) is 9.59 Å².